The molecule has 1 atom stereocenters. The summed E-state index contributed by atoms with van der Waals surface area (Å²) in [7, 11) is 0. The number of carboxylic acids is 1. The van der Waals surface area contributed by atoms with Crippen molar-refractivity contribution < 1.29 is 28.6 Å². The lowest BCUT2D eigenvalue weighted by Crippen LogP contribution is -2.36. The Morgan fingerprint density at radius 3 is 2.59 bits per heavy atom. The van der Waals surface area contributed by atoms with E-state index < -0.39 is 18.1 Å². The van der Waals surface area contributed by atoms with Gasteiger partial charge in [-0.2, -0.15) is 0 Å². The molecule has 0 aromatic heterocycles. The lowest BCUT2D eigenvalue weighted by Gasteiger charge is -2.24. The van der Waals surface area contributed by atoms with Crippen LogP contribution in [-0.4, -0.2) is 40.1 Å². The number of benzene rings is 3. The monoisotopic (exact) mass is 505 g/mol. The molecule has 6 nitrogen and oxygen atoms in total. The van der Waals surface area contributed by atoms with Crippen LogP contribution in [0.2, 0.25) is 0 Å². The summed E-state index contributed by atoms with van der Waals surface area (Å²) in [6, 6.07) is 19.6. The molecule has 1 N–H and O–H groups in total. The number of carbonyl (C=O) groups is 2. The zero-order valence-corrected chi connectivity index (χ0v) is 21.4. The topological polar surface area (TPSA) is 76.1 Å². The molecule has 3 aromatic rings. The van der Waals surface area contributed by atoms with Crippen LogP contribution in [0.15, 0.2) is 66.7 Å². The Morgan fingerprint density at radius 1 is 1.08 bits per heavy atom. The molecule has 1 aliphatic rings. The summed E-state index contributed by atoms with van der Waals surface area (Å²) in [5, 5.41) is 9.41. The van der Waals surface area contributed by atoms with Crippen molar-refractivity contribution in [3.63, 3.8) is 0 Å². The Bertz CT molecular complexity index is 1290. The first-order valence-corrected chi connectivity index (χ1v) is 12.4. The van der Waals surface area contributed by atoms with Gasteiger partial charge in [0.15, 0.2) is 0 Å². The van der Waals surface area contributed by atoms with Gasteiger partial charge in [0.25, 0.3) is 0 Å². The van der Waals surface area contributed by atoms with Crippen molar-refractivity contribution in [2.45, 2.75) is 58.3 Å². The van der Waals surface area contributed by atoms with Crippen LogP contribution in [0.3, 0.4) is 0 Å². The van der Waals surface area contributed by atoms with Crippen LogP contribution in [0.5, 0.6) is 11.5 Å². The van der Waals surface area contributed by atoms with E-state index in [2.05, 4.69) is 0 Å². The van der Waals surface area contributed by atoms with E-state index in [1.807, 2.05) is 69.3 Å². The molecule has 0 spiro atoms. The van der Waals surface area contributed by atoms with Gasteiger partial charge in [0.05, 0.1) is 12.5 Å². The Labute approximate surface area is 216 Å². The van der Waals surface area contributed by atoms with E-state index in [1.165, 1.54) is 11.0 Å². The average molecular weight is 506 g/mol. The first kappa shape index (κ1) is 26.2. The van der Waals surface area contributed by atoms with E-state index in [0.29, 0.717) is 24.2 Å². The maximum absolute atomic E-state index is 14.2. The largest absolute Gasteiger partial charge is 0.491 e. The van der Waals surface area contributed by atoms with Crippen LogP contribution in [0.4, 0.5) is 4.39 Å². The summed E-state index contributed by atoms with van der Waals surface area (Å²) in [6.07, 6.45) is 1.08. The lowest BCUT2D eigenvalue weighted by atomic mass is 9.91. The van der Waals surface area contributed by atoms with Crippen molar-refractivity contribution >= 4 is 11.9 Å². The molecule has 1 heterocycles. The number of halogens is 1. The second-order valence-electron chi connectivity index (χ2n) is 10.1. The third-order valence-corrected chi connectivity index (χ3v) is 6.25. The van der Waals surface area contributed by atoms with Crippen LogP contribution in [-0.2, 0) is 35.4 Å². The van der Waals surface area contributed by atoms with E-state index in [-0.39, 0.29) is 30.8 Å². The van der Waals surface area contributed by atoms with Gasteiger partial charge in [0.1, 0.15) is 29.5 Å². The number of carbonyl (C=O) groups excluding carboxylic acids is 1. The molecular weight excluding hydrogens is 473 g/mol. The highest BCUT2D eigenvalue weighted by Gasteiger charge is 2.36. The van der Waals surface area contributed by atoms with Gasteiger partial charge in [0.2, 0.25) is 5.91 Å². The first-order chi connectivity index (χ1) is 17.6. The fourth-order valence-electron chi connectivity index (χ4n) is 4.72. The summed E-state index contributed by atoms with van der Waals surface area (Å²) in [6.45, 7) is 5.57. The van der Waals surface area contributed by atoms with Crippen LogP contribution in [0, 0.1) is 5.82 Å². The van der Waals surface area contributed by atoms with Gasteiger partial charge in [-0.1, -0.05) is 42.5 Å². The van der Waals surface area contributed by atoms with E-state index in [0.717, 1.165) is 22.4 Å². The highest BCUT2D eigenvalue weighted by molar-refractivity contribution is 5.83. The van der Waals surface area contributed by atoms with E-state index in [4.69, 9.17) is 9.47 Å². The molecule has 4 rings (SSSR count). The lowest BCUT2D eigenvalue weighted by molar-refractivity contribution is -0.144. The summed E-state index contributed by atoms with van der Waals surface area (Å²) >= 11 is 0. The summed E-state index contributed by atoms with van der Waals surface area (Å²) in [4.78, 5) is 26.0. The summed E-state index contributed by atoms with van der Waals surface area (Å²) < 4.78 is 26.1. The Morgan fingerprint density at radius 2 is 1.86 bits per heavy atom. The molecule has 3 aromatic carbocycles. The minimum absolute atomic E-state index is 0.00404. The minimum Gasteiger partial charge on any atom is -0.491 e. The number of fused-ring (bicyclic) bond motifs is 1. The molecule has 7 heteroatoms. The van der Waals surface area contributed by atoms with Crippen LogP contribution < -0.4 is 9.47 Å². The third-order valence-electron chi connectivity index (χ3n) is 6.25. The number of rotatable bonds is 10. The third kappa shape index (κ3) is 6.88. The molecule has 194 valence electrons. The molecular formula is C30H32FNO5. The molecule has 0 aliphatic carbocycles. The molecule has 0 bridgehead atoms. The van der Waals surface area contributed by atoms with Gasteiger partial charge in [0, 0.05) is 19.4 Å². The average Bonchev–Trinajstić information content (AvgIpc) is 3.15. The van der Waals surface area contributed by atoms with E-state index in [9.17, 15) is 19.1 Å². The maximum atomic E-state index is 14.2. The van der Waals surface area contributed by atoms with E-state index >= 15 is 0 Å². The Balaban J connectivity index is 1.45. The minimum atomic E-state index is -1.07. The molecule has 1 aliphatic heterocycles. The van der Waals surface area contributed by atoms with Crippen LogP contribution in [0.1, 0.15) is 43.0 Å². The molecule has 0 saturated carbocycles. The van der Waals surface area contributed by atoms with Crippen LogP contribution >= 0.6 is 0 Å². The fraction of sp³-hybridized carbons (Fsp3) is 0.333. The standard InChI is InChI=1S/C30H32FNO5/c1-20(2)36-25-9-6-7-22(14-25)18-32(19-29(34)35)28(33)15-21-11-12-27-24(13-21)17-30(3,37-27)16-23-8-4-5-10-26(23)31/h4-14,20H,15-19H2,1-3H3,(H,34,35)/t30-/m0/s1. The number of hydrogen-bond acceptors (Lipinski definition) is 4. The maximum Gasteiger partial charge on any atom is 0.323 e. The Hall–Kier alpha value is -3.87. The number of amides is 1. The van der Waals surface area contributed by atoms with Crippen molar-refractivity contribution in [2.75, 3.05) is 6.54 Å². The zero-order chi connectivity index (χ0) is 26.6. The van der Waals surface area contributed by atoms with Crippen molar-refractivity contribution in [1.82, 2.24) is 4.90 Å². The van der Waals surface area contributed by atoms with Crippen molar-refractivity contribution in [3.8, 4) is 11.5 Å². The molecule has 0 unspecified atom stereocenters. The molecule has 0 fully saturated rings. The molecule has 37 heavy (non-hydrogen) atoms. The molecule has 0 saturated heterocycles. The van der Waals surface area contributed by atoms with E-state index in [1.54, 1.807) is 12.1 Å². The number of ether oxygens (including phenoxy) is 2. The van der Waals surface area contributed by atoms with Crippen LogP contribution in [0.25, 0.3) is 0 Å². The highest BCUT2D eigenvalue weighted by Crippen LogP contribution is 2.38. The number of hydrogen-bond donors (Lipinski definition) is 1. The second kappa shape index (κ2) is 11.0. The summed E-state index contributed by atoms with van der Waals surface area (Å²) in [5.41, 5.74) is 2.52. The normalized spacial score (nSPS) is 16.2. The number of carboxylic acid groups (broad SMARTS) is 1. The van der Waals surface area contributed by atoms with Crippen molar-refractivity contribution in [3.05, 3.63) is 94.8 Å². The zero-order valence-electron chi connectivity index (χ0n) is 21.4. The number of nitrogens with zero attached hydrogens (tertiary/aromatic N) is 1. The predicted molar refractivity (Wildman–Crippen MR) is 138 cm³/mol. The van der Waals surface area contributed by atoms with Gasteiger partial charge in [-0.25, -0.2) is 4.39 Å². The quantitative estimate of drug-likeness (QED) is 0.410. The smallest absolute Gasteiger partial charge is 0.323 e. The predicted octanol–water partition coefficient (Wildman–Crippen LogP) is 5.21. The van der Waals surface area contributed by atoms with Crippen molar-refractivity contribution in [1.29, 1.82) is 0 Å². The molecule has 0 radical (unpaired) electrons. The highest BCUT2D eigenvalue weighted by atomic mass is 19.1. The number of aliphatic carboxylic acids is 1. The van der Waals surface area contributed by atoms with Crippen molar-refractivity contribution in [2.24, 2.45) is 0 Å². The van der Waals surface area contributed by atoms with Gasteiger partial charge in [-0.15, -0.1) is 0 Å². The second-order valence-corrected chi connectivity index (χ2v) is 10.1. The summed E-state index contributed by atoms with van der Waals surface area (Å²) in [5.74, 6) is -0.221. The molecule has 1 amide bonds. The van der Waals surface area contributed by atoms with Gasteiger partial charge < -0.3 is 19.5 Å². The Kier molecular flexibility index (Phi) is 7.81. The van der Waals surface area contributed by atoms with Gasteiger partial charge in [-0.05, 0) is 67.3 Å². The van der Waals surface area contributed by atoms with Gasteiger partial charge >= 0.3 is 5.97 Å². The SMILES string of the molecule is CC(C)Oc1cccc(CN(CC(=O)O)C(=O)Cc2ccc3c(c2)C[C@](C)(Cc2ccccc2F)O3)c1. The van der Waals surface area contributed by atoms with Gasteiger partial charge in [-0.3, -0.25) is 9.59 Å². The fourth-order valence-corrected chi connectivity index (χ4v) is 4.72. The first-order valence-electron chi connectivity index (χ1n) is 12.4.